The van der Waals surface area contributed by atoms with E-state index < -0.39 is 17.4 Å². The van der Waals surface area contributed by atoms with E-state index in [0.29, 0.717) is 0 Å². The summed E-state index contributed by atoms with van der Waals surface area (Å²) in [7, 11) is 0. The van der Waals surface area contributed by atoms with Gasteiger partial charge in [0.05, 0.1) is 6.61 Å². The fourth-order valence-electron chi connectivity index (χ4n) is 3.39. The van der Waals surface area contributed by atoms with Gasteiger partial charge in [-0.2, -0.15) is 0 Å². The highest BCUT2D eigenvalue weighted by molar-refractivity contribution is 6.07. The standard InChI is InChI=1S/C15H16O4/c1-3-18-13(16)15-11(9(2)19-14(15)17)12(15)10-7-5-4-6-8-10/h4-9,11-12H,3H2,1-2H3/t9-,11+,12-,15+/m0/s1. The van der Waals surface area contributed by atoms with Gasteiger partial charge in [0.2, 0.25) is 0 Å². The molecule has 2 fully saturated rings. The molecular weight excluding hydrogens is 244 g/mol. The van der Waals surface area contributed by atoms with E-state index in [0.717, 1.165) is 5.56 Å². The molecule has 0 spiro atoms. The van der Waals surface area contributed by atoms with Crippen molar-refractivity contribution in [2.75, 3.05) is 6.61 Å². The minimum atomic E-state index is -1.10. The van der Waals surface area contributed by atoms with Crippen LogP contribution in [0.4, 0.5) is 0 Å². The first-order valence-corrected chi connectivity index (χ1v) is 6.57. The van der Waals surface area contributed by atoms with Crippen molar-refractivity contribution in [3.8, 4) is 0 Å². The maximum Gasteiger partial charge on any atom is 0.324 e. The third kappa shape index (κ3) is 1.46. The molecule has 1 saturated heterocycles. The van der Waals surface area contributed by atoms with Crippen LogP contribution < -0.4 is 0 Å². The number of carbonyl (C=O) groups is 2. The molecule has 1 aromatic carbocycles. The molecule has 0 unspecified atom stereocenters. The second-order valence-electron chi connectivity index (χ2n) is 5.11. The molecule has 100 valence electrons. The van der Waals surface area contributed by atoms with Crippen molar-refractivity contribution >= 4 is 11.9 Å². The Kier molecular flexibility index (Phi) is 2.62. The highest BCUT2D eigenvalue weighted by Gasteiger charge is 2.82. The maximum atomic E-state index is 12.2. The van der Waals surface area contributed by atoms with Gasteiger partial charge in [-0.1, -0.05) is 30.3 Å². The van der Waals surface area contributed by atoms with Crippen molar-refractivity contribution in [1.82, 2.24) is 0 Å². The van der Waals surface area contributed by atoms with E-state index in [2.05, 4.69) is 0 Å². The highest BCUT2D eigenvalue weighted by atomic mass is 16.6. The summed E-state index contributed by atoms with van der Waals surface area (Å²) in [6, 6.07) is 9.64. The van der Waals surface area contributed by atoms with Crippen LogP contribution in [0, 0.1) is 11.3 Å². The fourth-order valence-corrected chi connectivity index (χ4v) is 3.39. The number of benzene rings is 1. The van der Waals surface area contributed by atoms with Gasteiger partial charge in [-0.3, -0.25) is 9.59 Å². The summed E-state index contributed by atoms with van der Waals surface area (Å²) in [5.74, 6) is -1.08. The quantitative estimate of drug-likeness (QED) is 0.615. The summed E-state index contributed by atoms with van der Waals surface area (Å²) in [5, 5.41) is 0. The van der Waals surface area contributed by atoms with E-state index in [4.69, 9.17) is 9.47 Å². The number of hydrogen-bond acceptors (Lipinski definition) is 4. The van der Waals surface area contributed by atoms with Crippen molar-refractivity contribution in [2.45, 2.75) is 25.9 Å². The maximum absolute atomic E-state index is 12.2. The summed E-state index contributed by atoms with van der Waals surface area (Å²) < 4.78 is 10.3. The zero-order chi connectivity index (χ0) is 13.6. The van der Waals surface area contributed by atoms with Gasteiger partial charge < -0.3 is 9.47 Å². The van der Waals surface area contributed by atoms with E-state index in [1.54, 1.807) is 6.92 Å². The van der Waals surface area contributed by atoms with Crippen LogP contribution in [-0.4, -0.2) is 24.6 Å². The minimum absolute atomic E-state index is 0.0959. The summed E-state index contributed by atoms with van der Waals surface area (Å²) >= 11 is 0. The summed E-state index contributed by atoms with van der Waals surface area (Å²) in [4.78, 5) is 24.4. The molecule has 4 atom stereocenters. The lowest BCUT2D eigenvalue weighted by atomic mass is 9.99. The minimum Gasteiger partial charge on any atom is -0.465 e. The van der Waals surface area contributed by atoms with E-state index in [1.807, 2.05) is 37.3 Å². The number of cyclic esters (lactones) is 1. The zero-order valence-electron chi connectivity index (χ0n) is 11.0. The molecule has 1 aliphatic heterocycles. The zero-order valence-corrected chi connectivity index (χ0v) is 11.0. The average Bonchev–Trinajstić information content (AvgIpc) is 3.04. The number of carbonyl (C=O) groups excluding carboxylic acids is 2. The van der Waals surface area contributed by atoms with Crippen LogP contribution >= 0.6 is 0 Å². The van der Waals surface area contributed by atoms with Gasteiger partial charge in [0.25, 0.3) is 0 Å². The first kappa shape index (κ1) is 12.2. The molecule has 1 heterocycles. The summed E-state index contributed by atoms with van der Waals surface area (Å²) in [5.41, 5.74) is -0.0967. The molecule has 1 aromatic rings. The van der Waals surface area contributed by atoms with Gasteiger partial charge in [-0.05, 0) is 19.4 Å². The Balaban J connectivity index is 2.00. The van der Waals surface area contributed by atoms with Crippen LogP contribution in [0.15, 0.2) is 30.3 Å². The Hall–Kier alpha value is -1.84. The molecule has 1 saturated carbocycles. The Morgan fingerprint density at radius 2 is 2.05 bits per heavy atom. The monoisotopic (exact) mass is 260 g/mol. The Morgan fingerprint density at radius 3 is 2.68 bits per heavy atom. The van der Waals surface area contributed by atoms with E-state index in [1.165, 1.54) is 0 Å². The van der Waals surface area contributed by atoms with Gasteiger partial charge in [0.15, 0.2) is 5.41 Å². The average molecular weight is 260 g/mol. The lowest BCUT2D eigenvalue weighted by Gasteiger charge is -2.14. The molecule has 3 rings (SSSR count). The first-order valence-electron chi connectivity index (χ1n) is 6.57. The second kappa shape index (κ2) is 4.08. The molecule has 0 bridgehead atoms. The number of esters is 2. The topological polar surface area (TPSA) is 52.6 Å². The van der Waals surface area contributed by atoms with Crippen LogP contribution in [-0.2, 0) is 19.1 Å². The Labute approximate surface area is 111 Å². The molecule has 1 aliphatic carbocycles. The van der Waals surface area contributed by atoms with Crippen LogP contribution in [0.2, 0.25) is 0 Å². The fraction of sp³-hybridized carbons (Fsp3) is 0.467. The molecule has 2 aliphatic rings. The summed E-state index contributed by atoms with van der Waals surface area (Å²) in [6.45, 7) is 3.86. The predicted octanol–water partition coefficient (Wildman–Crippen LogP) is 1.89. The lowest BCUT2D eigenvalue weighted by molar-refractivity contribution is -0.161. The first-order chi connectivity index (χ1) is 9.14. The molecule has 0 N–H and O–H groups in total. The molecule has 4 nitrogen and oxygen atoms in total. The van der Waals surface area contributed by atoms with Gasteiger partial charge in [-0.25, -0.2) is 0 Å². The molecule has 4 heteroatoms. The number of hydrogen-bond donors (Lipinski definition) is 0. The van der Waals surface area contributed by atoms with Gasteiger partial charge >= 0.3 is 11.9 Å². The number of ether oxygens (including phenoxy) is 2. The highest BCUT2D eigenvalue weighted by Crippen LogP contribution is 2.71. The van der Waals surface area contributed by atoms with Crippen molar-refractivity contribution in [2.24, 2.45) is 11.3 Å². The predicted molar refractivity (Wildman–Crippen MR) is 67.3 cm³/mol. The van der Waals surface area contributed by atoms with E-state index in [-0.39, 0.29) is 24.5 Å². The van der Waals surface area contributed by atoms with Crippen LogP contribution in [0.1, 0.15) is 25.3 Å². The molecule has 19 heavy (non-hydrogen) atoms. The normalized spacial score (nSPS) is 35.5. The van der Waals surface area contributed by atoms with Crippen molar-refractivity contribution in [1.29, 1.82) is 0 Å². The third-order valence-corrected chi connectivity index (χ3v) is 4.17. The Morgan fingerprint density at radius 1 is 1.37 bits per heavy atom. The summed E-state index contributed by atoms with van der Waals surface area (Å²) in [6.07, 6.45) is -0.234. The number of fused-ring (bicyclic) bond motifs is 1. The SMILES string of the molecule is CCOC(=O)[C@@]12C(=O)O[C@@H](C)[C@@H]1[C@@H]2c1ccccc1. The van der Waals surface area contributed by atoms with Crippen LogP contribution in [0.5, 0.6) is 0 Å². The second-order valence-corrected chi connectivity index (χ2v) is 5.11. The van der Waals surface area contributed by atoms with Gasteiger partial charge in [-0.15, -0.1) is 0 Å². The molecule has 0 amide bonds. The van der Waals surface area contributed by atoms with Crippen molar-refractivity contribution in [3.05, 3.63) is 35.9 Å². The van der Waals surface area contributed by atoms with Crippen LogP contribution in [0.3, 0.4) is 0 Å². The lowest BCUT2D eigenvalue weighted by Crippen LogP contribution is -2.29. The Bertz CT molecular complexity index is 524. The van der Waals surface area contributed by atoms with Crippen molar-refractivity contribution < 1.29 is 19.1 Å². The van der Waals surface area contributed by atoms with Crippen molar-refractivity contribution in [3.63, 3.8) is 0 Å². The smallest absolute Gasteiger partial charge is 0.324 e. The van der Waals surface area contributed by atoms with E-state index in [9.17, 15) is 9.59 Å². The third-order valence-electron chi connectivity index (χ3n) is 4.17. The van der Waals surface area contributed by atoms with Gasteiger partial charge in [0.1, 0.15) is 6.10 Å². The molecule has 0 radical (unpaired) electrons. The number of rotatable bonds is 3. The van der Waals surface area contributed by atoms with E-state index >= 15 is 0 Å². The van der Waals surface area contributed by atoms with Crippen LogP contribution in [0.25, 0.3) is 0 Å². The molecular formula is C15H16O4. The van der Waals surface area contributed by atoms with Gasteiger partial charge in [0, 0.05) is 11.8 Å². The largest absolute Gasteiger partial charge is 0.465 e. The molecule has 0 aromatic heterocycles.